The zero-order valence-electron chi connectivity index (χ0n) is 21.9. The van der Waals surface area contributed by atoms with Gasteiger partial charge in [-0.2, -0.15) is 0 Å². The molecule has 0 aliphatic rings. The highest BCUT2D eigenvalue weighted by Gasteiger charge is 2.20. The van der Waals surface area contributed by atoms with Crippen LogP contribution in [0.5, 0.6) is 11.5 Å². The SMILES string of the molecule is COC(=O)c1ccc(C(=O)C(=O)c2ccc(Oc3ccc(C(=O)C(=O)c4ccc(C(=O)OC)cc4)cc3)cc2)cc1. The van der Waals surface area contributed by atoms with Crippen LogP contribution in [0.15, 0.2) is 97.1 Å². The molecule has 0 bridgehead atoms. The fourth-order valence-electron chi connectivity index (χ4n) is 3.76. The summed E-state index contributed by atoms with van der Waals surface area (Å²) >= 11 is 0. The van der Waals surface area contributed by atoms with Crippen molar-refractivity contribution in [1.82, 2.24) is 0 Å². The number of hydrogen-bond acceptors (Lipinski definition) is 9. The molecule has 0 N–H and O–H groups in total. The van der Waals surface area contributed by atoms with Gasteiger partial charge in [-0.05, 0) is 72.8 Å². The summed E-state index contributed by atoms with van der Waals surface area (Å²) in [5.74, 6) is -3.28. The van der Waals surface area contributed by atoms with Gasteiger partial charge in [0.05, 0.1) is 25.3 Å². The molecule has 4 aromatic carbocycles. The van der Waals surface area contributed by atoms with Gasteiger partial charge in [0.1, 0.15) is 11.5 Å². The molecule has 0 saturated heterocycles. The van der Waals surface area contributed by atoms with Gasteiger partial charge in [0.15, 0.2) is 0 Å². The zero-order chi connectivity index (χ0) is 29.5. The minimum Gasteiger partial charge on any atom is -0.465 e. The summed E-state index contributed by atoms with van der Waals surface area (Å²) in [6, 6.07) is 23.0. The Morgan fingerprint density at radius 1 is 0.366 bits per heavy atom. The van der Waals surface area contributed by atoms with E-state index in [4.69, 9.17) is 4.74 Å². The maximum Gasteiger partial charge on any atom is 0.337 e. The lowest BCUT2D eigenvalue weighted by atomic mass is 10.0. The lowest BCUT2D eigenvalue weighted by Gasteiger charge is -2.08. The van der Waals surface area contributed by atoms with E-state index in [1.807, 2.05) is 0 Å². The van der Waals surface area contributed by atoms with Crippen molar-refractivity contribution in [2.45, 2.75) is 0 Å². The number of Topliss-reactive ketones (excluding diaryl/α,β-unsaturated/α-hetero) is 4. The van der Waals surface area contributed by atoms with Crippen LogP contribution in [0.25, 0.3) is 0 Å². The van der Waals surface area contributed by atoms with Crippen LogP contribution in [0, 0.1) is 0 Å². The normalized spacial score (nSPS) is 10.3. The van der Waals surface area contributed by atoms with Crippen molar-refractivity contribution in [2.75, 3.05) is 14.2 Å². The molecule has 204 valence electrons. The molecule has 9 heteroatoms. The van der Waals surface area contributed by atoms with Gasteiger partial charge in [-0.15, -0.1) is 0 Å². The van der Waals surface area contributed by atoms with E-state index in [0.29, 0.717) is 11.5 Å². The lowest BCUT2D eigenvalue weighted by Crippen LogP contribution is -2.15. The van der Waals surface area contributed by atoms with Gasteiger partial charge in [0.2, 0.25) is 23.1 Å². The number of methoxy groups -OCH3 is 2. The molecular formula is C32H22O9. The first-order valence-corrected chi connectivity index (χ1v) is 12.1. The number of ketones is 4. The smallest absolute Gasteiger partial charge is 0.337 e. The Morgan fingerprint density at radius 3 is 0.829 bits per heavy atom. The molecule has 0 spiro atoms. The van der Waals surface area contributed by atoms with Crippen molar-refractivity contribution in [2.24, 2.45) is 0 Å². The third-order valence-electron chi connectivity index (χ3n) is 6.02. The molecule has 0 heterocycles. The fourth-order valence-corrected chi connectivity index (χ4v) is 3.76. The topological polar surface area (TPSA) is 130 Å². The summed E-state index contributed by atoms with van der Waals surface area (Å²) in [5, 5.41) is 0. The molecule has 0 aliphatic heterocycles. The Bertz CT molecular complexity index is 1510. The van der Waals surface area contributed by atoms with E-state index in [1.165, 1.54) is 111 Å². The molecular weight excluding hydrogens is 528 g/mol. The fraction of sp³-hybridized carbons (Fsp3) is 0.0625. The van der Waals surface area contributed by atoms with E-state index >= 15 is 0 Å². The summed E-state index contributed by atoms with van der Waals surface area (Å²) in [6.07, 6.45) is 0. The summed E-state index contributed by atoms with van der Waals surface area (Å²) in [7, 11) is 2.49. The van der Waals surface area contributed by atoms with Crippen LogP contribution in [-0.4, -0.2) is 49.3 Å². The molecule has 0 saturated carbocycles. The quantitative estimate of drug-likeness (QED) is 0.149. The minimum absolute atomic E-state index is 0.134. The Balaban J connectivity index is 1.37. The monoisotopic (exact) mass is 550 g/mol. The summed E-state index contributed by atoms with van der Waals surface area (Å²) in [6.45, 7) is 0. The molecule has 0 unspecified atom stereocenters. The molecule has 4 aromatic rings. The Morgan fingerprint density at radius 2 is 0.585 bits per heavy atom. The maximum absolute atomic E-state index is 12.6. The molecule has 9 nitrogen and oxygen atoms in total. The Labute approximate surface area is 234 Å². The molecule has 0 fully saturated rings. The zero-order valence-corrected chi connectivity index (χ0v) is 21.9. The van der Waals surface area contributed by atoms with Gasteiger partial charge >= 0.3 is 11.9 Å². The predicted molar refractivity (Wildman–Crippen MR) is 146 cm³/mol. The van der Waals surface area contributed by atoms with E-state index in [2.05, 4.69) is 9.47 Å². The van der Waals surface area contributed by atoms with E-state index in [-0.39, 0.29) is 33.4 Å². The average Bonchev–Trinajstić information content (AvgIpc) is 3.03. The van der Waals surface area contributed by atoms with Crippen molar-refractivity contribution >= 4 is 35.1 Å². The number of rotatable bonds is 10. The number of esters is 2. The van der Waals surface area contributed by atoms with E-state index in [1.54, 1.807) is 0 Å². The second-order valence-corrected chi connectivity index (χ2v) is 8.61. The van der Waals surface area contributed by atoms with E-state index < -0.39 is 35.1 Å². The highest BCUT2D eigenvalue weighted by molar-refractivity contribution is 6.49. The van der Waals surface area contributed by atoms with Crippen LogP contribution < -0.4 is 4.74 Å². The first-order valence-electron chi connectivity index (χ1n) is 12.1. The molecule has 0 aliphatic carbocycles. The molecule has 0 amide bonds. The van der Waals surface area contributed by atoms with Gasteiger partial charge in [0, 0.05) is 22.3 Å². The number of hydrogen-bond donors (Lipinski definition) is 0. The number of benzene rings is 4. The van der Waals surface area contributed by atoms with Gasteiger partial charge in [-0.1, -0.05) is 24.3 Å². The van der Waals surface area contributed by atoms with Crippen LogP contribution in [0.1, 0.15) is 62.1 Å². The second-order valence-electron chi connectivity index (χ2n) is 8.61. The molecule has 41 heavy (non-hydrogen) atoms. The van der Waals surface area contributed by atoms with E-state index in [9.17, 15) is 28.8 Å². The molecule has 0 aromatic heterocycles. The van der Waals surface area contributed by atoms with Gasteiger partial charge < -0.3 is 14.2 Å². The molecule has 0 atom stereocenters. The largest absolute Gasteiger partial charge is 0.465 e. The highest BCUT2D eigenvalue weighted by Crippen LogP contribution is 2.23. The second kappa shape index (κ2) is 12.4. The van der Waals surface area contributed by atoms with Crippen LogP contribution in [-0.2, 0) is 9.47 Å². The van der Waals surface area contributed by atoms with Crippen LogP contribution >= 0.6 is 0 Å². The van der Waals surface area contributed by atoms with Gasteiger partial charge in [-0.25, -0.2) is 9.59 Å². The summed E-state index contributed by atoms with van der Waals surface area (Å²) < 4.78 is 15.0. The summed E-state index contributed by atoms with van der Waals surface area (Å²) in [5.41, 5.74) is 1.09. The number of carbonyl (C=O) groups is 6. The lowest BCUT2D eigenvalue weighted by molar-refractivity contribution is 0.0592. The van der Waals surface area contributed by atoms with Crippen molar-refractivity contribution in [3.63, 3.8) is 0 Å². The van der Waals surface area contributed by atoms with Crippen molar-refractivity contribution < 1.29 is 43.0 Å². The third-order valence-corrected chi connectivity index (χ3v) is 6.02. The standard InChI is InChI=1S/C32H22O9/c1-39-31(37)23-7-3-19(4-8-23)27(33)29(35)21-11-15-25(16-12-21)41-26-17-13-22(14-18-26)30(36)28(34)20-5-9-24(10-6-20)32(38)40-2/h3-18H,1-2H3. The number of carbonyl (C=O) groups excluding carboxylic acids is 6. The van der Waals surface area contributed by atoms with Crippen LogP contribution in [0.4, 0.5) is 0 Å². The predicted octanol–water partition coefficient (Wildman–Crippen LogP) is 5.18. The Kier molecular flexibility index (Phi) is 8.59. The molecule has 4 rings (SSSR count). The number of ether oxygens (including phenoxy) is 3. The minimum atomic E-state index is -0.732. The van der Waals surface area contributed by atoms with Crippen LogP contribution in [0.2, 0.25) is 0 Å². The third kappa shape index (κ3) is 6.48. The van der Waals surface area contributed by atoms with Crippen molar-refractivity contribution in [3.05, 3.63) is 130 Å². The summed E-state index contributed by atoms with van der Waals surface area (Å²) in [4.78, 5) is 73.6. The van der Waals surface area contributed by atoms with E-state index in [0.717, 1.165) is 0 Å². The van der Waals surface area contributed by atoms with Gasteiger partial charge in [-0.3, -0.25) is 19.2 Å². The average molecular weight is 551 g/mol. The van der Waals surface area contributed by atoms with Gasteiger partial charge in [0.25, 0.3) is 0 Å². The Hall–Kier alpha value is -5.70. The first kappa shape index (κ1) is 28.3. The van der Waals surface area contributed by atoms with Crippen molar-refractivity contribution in [1.29, 1.82) is 0 Å². The molecule has 0 radical (unpaired) electrons. The highest BCUT2D eigenvalue weighted by atomic mass is 16.5. The van der Waals surface area contributed by atoms with Crippen molar-refractivity contribution in [3.8, 4) is 11.5 Å². The van der Waals surface area contributed by atoms with Crippen LogP contribution in [0.3, 0.4) is 0 Å². The first-order chi connectivity index (χ1) is 19.7. The maximum atomic E-state index is 12.6.